The zero-order valence-electron chi connectivity index (χ0n) is 34.4. The number of unbranched alkanes of at least 4 members (excludes halogenated alkanes) is 1. The summed E-state index contributed by atoms with van der Waals surface area (Å²) in [5.41, 5.74) is 2.63. The minimum absolute atomic E-state index is 0.0150. The molecule has 0 N–H and O–H groups in total. The van der Waals surface area contributed by atoms with Gasteiger partial charge >= 0.3 is 0 Å². The van der Waals surface area contributed by atoms with E-state index in [9.17, 15) is 0 Å². The Labute approximate surface area is 299 Å². The molecule has 48 heavy (non-hydrogen) atoms. The van der Waals surface area contributed by atoms with Gasteiger partial charge in [-0.2, -0.15) is 0 Å². The van der Waals surface area contributed by atoms with Crippen LogP contribution in [0.1, 0.15) is 134 Å². The topological polar surface area (TPSA) is 55.4 Å². The van der Waals surface area contributed by atoms with E-state index in [-0.39, 0.29) is 45.7 Å². The molecule has 2 fully saturated rings. The summed E-state index contributed by atoms with van der Waals surface area (Å²) in [5.74, 6) is 0. The molecule has 0 bridgehead atoms. The minimum Gasteiger partial charge on any atom is -0.416 e. The van der Waals surface area contributed by atoms with Gasteiger partial charge in [-0.1, -0.05) is 67.5 Å². The first-order chi connectivity index (χ1) is 22.0. The maximum absolute atomic E-state index is 6.85. The Morgan fingerprint density at radius 3 is 1.29 bits per heavy atom. The number of hydrogen-bond acceptors (Lipinski definition) is 6. The second-order valence-electron chi connectivity index (χ2n) is 18.3. The monoisotopic (exact) mass is 711 g/mol. The molecule has 0 amide bonds. The lowest BCUT2D eigenvalue weighted by Gasteiger charge is -2.46. The fourth-order valence-electron chi connectivity index (χ4n) is 6.62. The van der Waals surface area contributed by atoms with Gasteiger partial charge in [-0.25, -0.2) is 0 Å². The zero-order valence-corrected chi connectivity index (χ0v) is 36.4. The summed E-state index contributed by atoms with van der Waals surface area (Å²) in [7, 11) is -3.79. The predicted molar refractivity (Wildman–Crippen MR) is 208 cm³/mol. The molecule has 0 spiro atoms. The average molecular weight is 711 g/mol. The molecular formula is C40H78O6Si2. The summed E-state index contributed by atoms with van der Waals surface area (Å²) in [5, 5.41) is 0.348. The van der Waals surface area contributed by atoms with Crippen molar-refractivity contribution >= 4 is 16.6 Å². The Balaban J connectivity index is 2.31. The van der Waals surface area contributed by atoms with E-state index in [2.05, 4.69) is 93.7 Å². The van der Waals surface area contributed by atoms with Gasteiger partial charge in [0.1, 0.15) is 0 Å². The maximum atomic E-state index is 6.85. The molecule has 0 heterocycles. The van der Waals surface area contributed by atoms with Gasteiger partial charge in [-0.15, -0.1) is 0 Å². The van der Waals surface area contributed by atoms with Gasteiger partial charge in [0.15, 0.2) is 29.2 Å². The molecule has 0 saturated heterocycles. The standard InChI is InChI=1S/C40H78O6Si2/c1-17-41-31(3)45-35-33(25-21-27-39(35,11)29-43-47(13,14)37(5,6)7)23-19-20-24-34-26-22-28-40(12,36(34)46-32(4)42-18-2)30-44-48(15,16)38(8,9)10/h23-24,31-32,35-36H,17-22,25-30H2,1-16H3/b33-23-,34-24-/t31?,32?,35-,36+,39-,40+. The summed E-state index contributed by atoms with van der Waals surface area (Å²) in [6.07, 6.45) is 13.0. The van der Waals surface area contributed by atoms with Crippen molar-refractivity contribution < 1.29 is 27.8 Å². The minimum atomic E-state index is -1.90. The Morgan fingerprint density at radius 2 is 1.00 bits per heavy atom. The van der Waals surface area contributed by atoms with Crippen molar-refractivity contribution in [3.05, 3.63) is 23.3 Å². The highest BCUT2D eigenvalue weighted by Crippen LogP contribution is 2.47. The van der Waals surface area contributed by atoms with Crippen LogP contribution >= 0.6 is 0 Å². The fraction of sp³-hybridized carbons (Fsp3) is 0.900. The summed E-state index contributed by atoms with van der Waals surface area (Å²) < 4.78 is 39.0. The van der Waals surface area contributed by atoms with Crippen LogP contribution in [0.5, 0.6) is 0 Å². The van der Waals surface area contributed by atoms with Crippen LogP contribution in [0.4, 0.5) is 0 Å². The quantitative estimate of drug-likeness (QED) is 0.0648. The maximum Gasteiger partial charge on any atom is 0.192 e. The molecule has 282 valence electrons. The fourth-order valence-corrected chi connectivity index (χ4v) is 8.87. The van der Waals surface area contributed by atoms with Crippen molar-refractivity contribution in [2.75, 3.05) is 26.4 Å². The Kier molecular flexibility index (Phi) is 16.4. The van der Waals surface area contributed by atoms with Gasteiger partial charge < -0.3 is 27.8 Å². The van der Waals surface area contributed by atoms with Crippen LogP contribution in [0.2, 0.25) is 36.3 Å². The Hall–Kier alpha value is -0.326. The molecule has 2 unspecified atom stereocenters. The lowest BCUT2D eigenvalue weighted by Crippen LogP contribution is -2.49. The first kappa shape index (κ1) is 43.8. The molecule has 2 aliphatic rings. The van der Waals surface area contributed by atoms with Crippen molar-refractivity contribution in [2.24, 2.45) is 10.8 Å². The third-order valence-electron chi connectivity index (χ3n) is 11.9. The van der Waals surface area contributed by atoms with Gasteiger partial charge in [0.2, 0.25) is 0 Å². The van der Waals surface area contributed by atoms with Crippen molar-refractivity contribution in [3.8, 4) is 0 Å². The first-order valence-electron chi connectivity index (χ1n) is 19.2. The molecule has 2 saturated carbocycles. The van der Waals surface area contributed by atoms with Crippen LogP contribution in [0.15, 0.2) is 23.3 Å². The lowest BCUT2D eigenvalue weighted by molar-refractivity contribution is -0.184. The van der Waals surface area contributed by atoms with E-state index < -0.39 is 16.6 Å². The van der Waals surface area contributed by atoms with E-state index in [0.29, 0.717) is 13.2 Å². The van der Waals surface area contributed by atoms with Crippen LogP contribution in [-0.2, 0) is 27.8 Å². The van der Waals surface area contributed by atoms with Gasteiger partial charge in [0, 0.05) is 37.3 Å². The Bertz CT molecular complexity index is 959. The largest absolute Gasteiger partial charge is 0.416 e. The van der Waals surface area contributed by atoms with E-state index in [1.54, 1.807) is 0 Å². The predicted octanol–water partition coefficient (Wildman–Crippen LogP) is 11.6. The number of rotatable bonds is 17. The van der Waals surface area contributed by atoms with E-state index >= 15 is 0 Å². The molecular weight excluding hydrogens is 633 g/mol. The van der Waals surface area contributed by atoms with Crippen molar-refractivity contribution in [2.45, 2.75) is 196 Å². The second-order valence-corrected chi connectivity index (χ2v) is 27.9. The number of hydrogen-bond donors (Lipinski definition) is 0. The van der Waals surface area contributed by atoms with E-state index in [4.69, 9.17) is 27.8 Å². The van der Waals surface area contributed by atoms with Crippen molar-refractivity contribution in [3.63, 3.8) is 0 Å². The molecule has 0 aromatic heterocycles. The Morgan fingerprint density at radius 1 is 0.667 bits per heavy atom. The van der Waals surface area contributed by atoms with Crippen LogP contribution in [0, 0.1) is 10.8 Å². The van der Waals surface area contributed by atoms with Crippen LogP contribution in [-0.4, -0.2) is 67.9 Å². The van der Waals surface area contributed by atoms with Crippen LogP contribution in [0.3, 0.4) is 0 Å². The highest BCUT2D eigenvalue weighted by atomic mass is 28.4. The lowest BCUT2D eigenvalue weighted by atomic mass is 9.70. The SMILES string of the molecule is CCOC(C)O[C@@H]1/C(=C\CC/C=C2/CCC[C@@](C)(CO[Si](C)(C)C(C)(C)C)[C@H]2OC(C)OCC)CCC[C@]1(C)CO[Si](C)(C)C(C)(C)C. The molecule has 0 radical (unpaired) electrons. The average Bonchev–Trinajstić information content (AvgIpc) is 2.96. The number of ether oxygens (including phenoxy) is 4. The summed E-state index contributed by atoms with van der Waals surface area (Å²) in [6.45, 7) is 38.9. The highest BCUT2D eigenvalue weighted by Gasteiger charge is 2.46. The molecule has 0 aliphatic heterocycles. The van der Waals surface area contributed by atoms with E-state index in [1.807, 2.05) is 27.7 Å². The summed E-state index contributed by atoms with van der Waals surface area (Å²) >= 11 is 0. The summed E-state index contributed by atoms with van der Waals surface area (Å²) in [4.78, 5) is 0. The molecule has 6 nitrogen and oxygen atoms in total. The van der Waals surface area contributed by atoms with E-state index in [0.717, 1.165) is 64.6 Å². The van der Waals surface area contributed by atoms with Gasteiger partial charge in [0.05, 0.1) is 12.2 Å². The molecule has 0 aromatic rings. The summed E-state index contributed by atoms with van der Waals surface area (Å²) in [6, 6.07) is 0. The number of allylic oxidation sites excluding steroid dienone is 2. The highest BCUT2D eigenvalue weighted by molar-refractivity contribution is 6.74. The van der Waals surface area contributed by atoms with Crippen molar-refractivity contribution in [1.29, 1.82) is 0 Å². The first-order valence-corrected chi connectivity index (χ1v) is 25.0. The normalized spacial score (nSPS) is 29.4. The molecule has 2 rings (SSSR count). The molecule has 6 atom stereocenters. The van der Waals surface area contributed by atoms with Crippen LogP contribution < -0.4 is 0 Å². The van der Waals surface area contributed by atoms with Gasteiger partial charge in [0.25, 0.3) is 0 Å². The molecule has 8 heteroatoms. The van der Waals surface area contributed by atoms with Crippen molar-refractivity contribution in [1.82, 2.24) is 0 Å². The van der Waals surface area contributed by atoms with Gasteiger partial charge in [-0.05, 0) is 126 Å². The molecule has 2 aliphatic carbocycles. The van der Waals surface area contributed by atoms with Gasteiger partial charge in [-0.3, -0.25) is 0 Å². The zero-order chi connectivity index (χ0) is 36.6. The third-order valence-corrected chi connectivity index (χ3v) is 20.9. The second kappa shape index (κ2) is 17.9. The third kappa shape index (κ3) is 12.1. The van der Waals surface area contributed by atoms with Crippen LogP contribution in [0.25, 0.3) is 0 Å². The van der Waals surface area contributed by atoms with E-state index in [1.165, 1.54) is 11.1 Å². The molecule has 0 aromatic carbocycles. The smallest absolute Gasteiger partial charge is 0.192 e.